The van der Waals surface area contributed by atoms with Crippen molar-refractivity contribution < 1.29 is 13.6 Å². The number of hydrogen-bond donors (Lipinski definition) is 3. The summed E-state index contributed by atoms with van der Waals surface area (Å²) in [6, 6.07) is 7.54. The van der Waals surface area contributed by atoms with Gasteiger partial charge in [-0.1, -0.05) is 5.16 Å². The Balaban J connectivity index is 1.19. The minimum Gasteiger partial charge on any atom is -0.390 e. The molecule has 0 spiro atoms. The summed E-state index contributed by atoms with van der Waals surface area (Å²) < 4.78 is 26.6. The molecule has 3 aromatic rings. The van der Waals surface area contributed by atoms with Gasteiger partial charge in [0.05, 0.1) is 12.3 Å². The summed E-state index contributed by atoms with van der Waals surface area (Å²) in [5.74, 6) is 0.601. The molecule has 5 rings (SSSR count). The zero-order valence-electron chi connectivity index (χ0n) is 16.8. The lowest BCUT2D eigenvalue weighted by Gasteiger charge is -2.11. The number of nitrogens with zero attached hydrogens (tertiary/aromatic N) is 4. The highest BCUT2D eigenvalue weighted by Crippen LogP contribution is 2.39. The van der Waals surface area contributed by atoms with Gasteiger partial charge in [0.15, 0.2) is 17.5 Å². The molecule has 160 valence electrons. The Hall–Kier alpha value is -3.56. The second-order valence-corrected chi connectivity index (χ2v) is 7.81. The van der Waals surface area contributed by atoms with Gasteiger partial charge in [-0.3, -0.25) is 5.10 Å². The molecule has 31 heavy (non-hydrogen) atoms. The molecule has 0 amide bonds. The molecule has 1 aliphatic carbocycles. The number of aromatic amines is 1. The SMILES string of the molecule is Cc1cc(Nc2cc(C3CC3)[nH]n2)nc(NCC2CC(c3ccc(F)c(F)c3)=NO2)n1. The number of aromatic nitrogens is 4. The van der Waals surface area contributed by atoms with Crippen LogP contribution in [0.4, 0.5) is 26.4 Å². The molecule has 10 heteroatoms. The monoisotopic (exact) mass is 425 g/mol. The number of halogens is 2. The minimum atomic E-state index is -0.906. The van der Waals surface area contributed by atoms with Crippen molar-refractivity contribution in [2.75, 3.05) is 17.2 Å². The zero-order valence-corrected chi connectivity index (χ0v) is 16.8. The van der Waals surface area contributed by atoms with E-state index in [0.717, 1.165) is 29.3 Å². The predicted octanol–water partition coefficient (Wildman–Crippen LogP) is 4.01. The maximum Gasteiger partial charge on any atom is 0.224 e. The highest BCUT2D eigenvalue weighted by atomic mass is 19.2. The topological polar surface area (TPSA) is 100 Å². The van der Waals surface area contributed by atoms with Crippen LogP contribution in [0.5, 0.6) is 0 Å². The molecule has 1 unspecified atom stereocenters. The van der Waals surface area contributed by atoms with Crippen molar-refractivity contribution in [3.05, 3.63) is 58.9 Å². The number of anilines is 3. The number of rotatable bonds is 7. The molecule has 1 atom stereocenters. The summed E-state index contributed by atoms with van der Waals surface area (Å²) >= 11 is 0. The van der Waals surface area contributed by atoms with E-state index in [-0.39, 0.29) is 6.10 Å². The van der Waals surface area contributed by atoms with Gasteiger partial charge in [-0.05, 0) is 38.0 Å². The van der Waals surface area contributed by atoms with Crippen LogP contribution in [-0.2, 0) is 4.84 Å². The van der Waals surface area contributed by atoms with E-state index >= 15 is 0 Å². The molecule has 0 bridgehead atoms. The molecule has 8 nitrogen and oxygen atoms in total. The largest absolute Gasteiger partial charge is 0.390 e. The molecule has 1 saturated carbocycles. The van der Waals surface area contributed by atoms with Crippen LogP contribution >= 0.6 is 0 Å². The summed E-state index contributed by atoms with van der Waals surface area (Å²) in [6.45, 7) is 2.29. The van der Waals surface area contributed by atoms with Gasteiger partial charge in [-0.2, -0.15) is 10.1 Å². The van der Waals surface area contributed by atoms with E-state index in [1.165, 1.54) is 18.9 Å². The maximum atomic E-state index is 13.5. The number of benzene rings is 1. The van der Waals surface area contributed by atoms with Crippen molar-refractivity contribution in [1.29, 1.82) is 0 Å². The van der Waals surface area contributed by atoms with Crippen molar-refractivity contribution in [2.24, 2.45) is 5.16 Å². The number of nitrogens with one attached hydrogen (secondary N) is 3. The first kappa shape index (κ1) is 19.4. The minimum absolute atomic E-state index is 0.268. The van der Waals surface area contributed by atoms with Gasteiger partial charge in [0.1, 0.15) is 11.9 Å². The fourth-order valence-electron chi connectivity index (χ4n) is 3.44. The van der Waals surface area contributed by atoms with E-state index < -0.39 is 11.6 Å². The summed E-state index contributed by atoms with van der Waals surface area (Å²) in [5.41, 5.74) is 3.01. The molecule has 1 aromatic carbocycles. The molecular weight excluding hydrogens is 404 g/mol. The van der Waals surface area contributed by atoms with Crippen LogP contribution < -0.4 is 10.6 Å². The fraction of sp³-hybridized carbons (Fsp3) is 0.333. The molecule has 2 aromatic heterocycles. The van der Waals surface area contributed by atoms with Crippen molar-refractivity contribution in [2.45, 2.75) is 38.2 Å². The van der Waals surface area contributed by atoms with E-state index in [0.29, 0.717) is 41.9 Å². The zero-order chi connectivity index (χ0) is 21.4. The van der Waals surface area contributed by atoms with Crippen molar-refractivity contribution in [1.82, 2.24) is 20.2 Å². The maximum absolute atomic E-state index is 13.5. The van der Waals surface area contributed by atoms with Gasteiger partial charge < -0.3 is 15.5 Å². The Bertz CT molecular complexity index is 1140. The standard InChI is InChI=1S/C21H21F2N7O/c1-11-6-19(26-20-9-17(28-29-20)12-2-3-12)27-21(25-11)24-10-14-8-18(30-31-14)13-4-5-15(22)16(23)7-13/h4-7,9,12,14H,2-3,8,10H2,1H3,(H3,24,25,26,27,28,29). The van der Waals surface area contributed by atoms with Gasteiger partial charge in [0, 0.05) is 41.4 Å². The van der Waals surface area contributed by atoms with Gasteiger partial charge in [-0.15, -0.1) is 0 Å². The third-order valence-corrected chi connectivity index (χ3v) is 5.20. The Morgan fingerprint density at radius 1 is 1.10 bits per heavy atom. The molecule has 3 N–H and O–H groups in total. The van der Waals surface area contributed by atoms with E-state index in [1.807, 2.05) is 19.1 Å². The summed E-state index contributed by atoms with van der Waals surface area (Å²) in [4.78, 5) is 14.3. The van der Waals surface area contributed by atoms with Crippen LogP contribution in [0.15, 0.2) is 35.5 Å². The van der Waals surface area contributed by atoms with Gasteiger partial charge >= 0.3 is 0 Å². The van der Waals surface area contributed by atoms with Crippen LogP contribution in [0, 0.1) is 18.6 Å². The smallest absolute Gasteiger partial charge is 0.224 e. The quantitative estimate of drug-likeness (QED) is 0.529. The highest BCUT2D eigenvalue weighted by molar-refractivity contribution is 6.01. The van der Waals surface area contributed by atoms with Crippen molar-refractivity contribution in [3.8, 4) is 0 Å². The van der Waals surface area contributed by atoms with Crippen LogP contribution in [0.3, 0.4) is 0 Å². The van der Waals surface area contributed by atoms with Gasteiger partial charge in [0.25, 0.3) is 0 Å². The molecule has 0 saturated heterocycles. The van der Waals surface area contributed by atoms with E-state index in [1.54, 1.807) is 0 Å². The first-order valence-corrected chi connectivity index (χ1v) is 10.1. The Morgan fingerprint density at radius 2 is 1.97 bits per heavy atom. The second-order valence-electron chi connectivity index (χ2n) is 7.81. The average Bonchev–Trinajstić information content (AvgIpc) is 3.30. The summed E-state index contributed by atoms with van der Waals surface area (Å²) in [5, 5.41) is 17.7. The van der Waals surface area contributed by atoms with E-state index in [9.17, 15) is 8.78 Å². The van der Waals surface area contributed by atoms with Gasteiger partial charge in [0.2, 0.25) is 5.95 Å². The van der Waals surface area contributed by atoms with Gasteiger partial charge in [-0.25, -0.2) is 13.8 Å². The molecule has 1 fully saturated rings. The summed E-state index contributed by atoms with van der Waals surface area (Å²) in [7, 11) is 0. The average molecular weight is 425 g/mol. The van der Waals surface area contributed by atoms with Crippen molar-refractivity contribution >= 4 is 23.3 Å². The normalized spacial score (nSPS) is 17.9. The second kappa shape index (κ2) is 7.93. The molecule has 3 heterocycles. The van der Waals surface area contributed by atoms with Crippen LogP contribution in [0.1, 0.15) is 42.1 Å². The third-order valence-electron chi connectivity index (χ3n) is 5.20. The van der Waals surface area contributed by atoms with Crippen molar-refractivity contribution in [3.63, 3.8) is 0 Å². The number of aryl methyl sites for hydroxylation is 1. The highest BCUT2D eigenvalue weighted by Gasteiger charge is 2.26. The molecule has 2 aliphatic rings. The number of oxime groups is 1. The lowest BCUT2D eigenvalue weighted by Crippen LogP contribution is -2.21. The predicted molar refractivity (Wildman–Crippen MR) is 111 cm³/mol. The Morgan fingerprint density at radius 3 is 2.77 bits per heavy atom. The Labute approximate surface area is 177 Å². The van der Waals surface area contributed by atoms with Crippen LogP contribution in [0.2, 0.25) is 0 Å². The summed E-state index contributed by atoms with van der Waals surface area (Å²) in [6.07, 6.45) is 2.60. The number of H-pyrrole nitrogens is 1. The van der Waals surface area contributed by atoms with E-state index in [4.69, 9.17) is 4.84 Å². The van der Waals surface area contributed by atoms with E-state index in [2.05, 4.69) is 36.0 Å². The first-order chi connectivity index (χ1) is 15.0. The van der Waals surface area contributed by atoms with Crippen LogP contribution in [-0.4, -0.2) is 38.5 Å². The number of hydrogen-bond acceptors (Lipinski definition) is 7. The molecule has 1 aliphatic heterocycles. The first-order valence-electron chi connectivity index (χ1n) is 10.1. The lowest BCUT2D eigenvalue weighted by atomic mass is 10.0. The molecular formula is C21H21F2N7O. The fourth-order valence-corrected chi connectivity index (χ4v) is 3.44. The Kier molecular flexibility index (Phi) is 4.97. The lowest BCUT2D eigenvalue weighted by molar-refractivity contribution is 0.0948. The third kappa shape index (κ3) is 4.47. The van der Waals surface area contributed by atoms with Crippen LogP contribution in [0.25, 0.3) is 0 Å². The molecule has 0 radical (unpaired) electrons.